The van der Waals surface area contributed by atoms with Crippen molar-refractivity contribution in [3.63, 3.8) is 0 Å². The first-order valence-corrected chi connectivity index (χ1v) is 6.60. The minimum absolute atomic E-state index is 0.333. The van der Waals surface area contributed by atoms with E-state index in [4.69, 9.17) is 32.5 Å². The van der Waals surface area contributed by atoms with Gasteiger partial charge in [0.15, 0.2) is 0 Å². The predicted molar refractivity (Wildman–Crippen MR) is 70.1 cm³/mol. The molecular formula is C10H13BCl2O2S. The summed E-state index contributed by atoms with van der Waals surface area (Å²) in [5.41, 5.74) is -0.665. The summed E-state index contributed by atoms with van der Waals surface area (Å²) >= 11 is 13.2. The summed E-state index contributed by atoms with van der Waals surface area (Å²) in [4.78, 5) is 0. The van der Waals surface area contributed by atoms with Crippen LogP contribution in [0.15, 0.2) is 6.07 Å². The van der Waals surface area contributed by atoms with Crippen molar-refractivity contribution in [3.05, 3.63) is 15.4 Å². The van der Waals surface area contributed by atoms with Crippen molar-refractivity contribution in [2.75, 3.05) is 0 Å². The lowest BCUT2D eigenvalue weighted by Crippen LogP contribution is -2.41. The molecule has 0 amide bonds. The Morgan fingerprint density at radius 1 is 1.12 bits per heavy atom. The Balaban J connectivity index is 2.27. The zero-order valence-corrected chi connectivity index (χ0v) is 12.0. The summed E-state index contributed by atoms with van der Waals surface area (Å²) < 4.78 is 13.3. The maximum absolute atomic E-state index is 5.93. The molecule has 88 valence electrons. The van der Waals surface area contributed by atoms with Gasteiger partial charge in [-0.25, -0.2) is 0 Å². The van der Waals surface area contributed by atoms with Gasteiger partial charge < -0.3 is 9.31 Å². The number of rotatable bonds is 1. The second-order valence-corrected chi connectivity index (χ2v) is 6.95. The topological polar surface area (TPSA) is 18.5 Å². The molecule has 1 fully saturated rings. The van der Waals surface area contributed by atoms with Gasteiger partial charge in [0.1, 0.15) is 4.34 Å². The third-order valence-electron chi connectivity index (χ3n) is 3.15. The van der Waals surface area contributed by atoms with E-state index in [0.29, 0.717) is 9.36 Å². The van der Waals surface area contributed by atoms with Gasteiger partial charge in [0, 0.05) is 4.78 Å². The third kappa shape index (κ3) is 2.02. The van der Waals surface area contributed by atoms with E-state index in [9.17, 15) is 0 Å². The van der Waals surface area contributed by atoms with E-state index >= 15 is 0 Å². The molecule has 2 rings (SSSR count). The van der Waals surface area contributed by atoms with Crippen molar-refractivity contribution >= 4 is 46.4 Å². The van der Waals surface area contributed by atoms with Crippen LogP contribution in [0.2, 0.25) is 9.36 Å². The summed E-state index contributed by atoms with van der Waals surface area (Å²) in [7, 11) is -0.375. The van der Waals surface area contributed by atoms with Crippen molar-refractivity contribution in [3.8, 4) is 0 Å². The molecule has 1 aliphatic rings. The SMILES string of the molecule is CC1(C)OB(c2cc(Cl)c(Cl)s2)OC1(C)C. The molecule has 2 nitrogen and oxygen atoms in total. The lowest BCUT2D eigenvalue weighted by molar-refractivity contribution is 0.00578. The summed E-state index contributed by atoms with van der Waals surface area (Å²) in [6.45, 7) is 8.07. The molecule has 0 N–H and O–H groups in total. The quantitative estimate of drug-likeness (QED) is 0.734. The molecule has 16 heavy (non-hydrogen) atoms. The number of hydrogen-bond acceptors (Lipinski definition) is 3. The molecule has 6 heteroatoms. The van der Waals surface area contributed by atoms with Crippen LogP contribution >= 0.6 is 34.5 Å². The van der Waals surface area contributed by atoms with Crippen LogP contribution in [0.1, 0.15) is 27.7 Å². The van der Waals surface area contributed by atoms with Gasteiger partial charge in [-0.15, -0.1) is 11.3 Å². The average molecular weight is 279 g/mol. The molecule has 1 aliphatic heterocycles. The number of thiophene rings is 1. The second kappa shape index (κ2) is 3.89. The fourth-order valence-corrected chi connectivity index (χ4v) is 2.79. The van der Waals surface area contributed by atoms with Crippen LogP contribution in [0.25, 0.3) is 0 Å². The van der Waals surface area contributed by atoms with E-state index in [1.54, 1.807) is 6.07 Å². The van der Waals surface area contributed by atoms with E-state index in [2.05, 4.69) is 0 Å². The van der Waals surface area contributed by atoms with Crippen LogP contribution in [0, 0.1) is 0 Å². The van der Waals surface area contributed by atoms with E-state index in [-0.39, 0.29) is 18.3 Å². The van der Waals surface area contributed by atoms with Gasteiger partial charge in [-0.3, -0.25) is 0 Å². The Morgan fingerprint density at radius 3 is 2.00 bits per heavy atom. The lowest BCUT2D eigenvalue weighted by Gasteiger charge is -2.32. The zero-order chi connectivity index (χ0) is 12.1. The first kappa shape index (κ1) is 12.7. The van der Waals surface area contributed by atoms with Gasteiger partial charge in [0.25, 0.3) is 0 Å². The Kier molecular flexibility index (Phi) is 3.09. The molecule has 0 unspecified atom stereocenters. The minimum Gasteiger partial charge on any atom is -0.399 e. The maximum atomic E-state index is 5.93. The van der Waals surface area contributed by atoms with Gasteiger partial charge >= 0.3 is 7.12 Å². The highest BCUT2D eigenvalue weighted by Gasteiger charge is 2.52. The molecule has 0 atom stereocenters. The number of hydrogen-bond donors (Lipinski definition) is 0. The maximum Gasteiger partial charge on any atom is 0.505 e. The summed E-state index contributed by atoms with van der Waals surface area (Å²) in [5.74, 6) is 0. The highest BCUT2D eigenvalue weighted by molar-refractivity contribution is 7.26. The third-order valence-corrected chi connectivity index (χ3v) is 5.04. The first-order chi connectivity index (χ1) is 7.23. The smallest absolute Gasteiger partial charge is 0.399 e. The summed E-state index contributed by atoms with van der Waals surface area (Å²) in [6.07, 6.45) is 0. The van der Waals surface area contributed by atoms with Crippen molar-refractivity contribution in [2.45, 2.75) is 38.9 Å². The van der Waals surface area contributed by atoms with Gasteiger partial charge in [0.2, 0.25) is 0 Å². The molecule has 0 saturated carbocycles. The Morgan fingerprint density at radius 2 is 1.62 bits per heavy atom. The molecular weight excluding hydrogens is 266 g/mol. The minimum atomic E-state index is -0.375. The van der Waals surface area contributed by atoms with Crippen LogP contribution in [0.5, 0.6) is 0 Å². The second-order valence-electron chi connectivity index (χ2n) is 4.86. The van der Waals surface area contributed by atoms with Crippen LogP contribution in [-0.2, 0) is 9.31 Å². The summed E-state index contributed by atoms with van der Waals surface area (Å²) in [6, 6.07) is 1.80. The van der Waals surface area contributed by atoms with Gasteiger partial charge in [-0.05, 0) is 33.8 Å². The predicted octanol–water partition coefficient (Wildman–Crippen LogP) is 3.35. The van der Waals surface area contributed by atoms with E-state index in [1.807, 2.05) is 27.7 Å². The fraction of sp³-hybridized carbons (Fsp3) is 0.600. The van der Waals surface area contributed by atoms with Crippen molar-refractivity contribution in [1.82, 2.24) is 0 Å². The van der Waals surface area contributed by atoms with Crippen molar-refractivity contribution in [2.24, 2.45) is 0 Å². The Bertz CT molecular complexity index is 381. The molecule has 0 radical (unpaired) electrons. The number of halogens is 2. The molecule has 1 saturated heterocycles. The normalized spacial score (nSPS) is 22.8. The molecule has 1 aromatic heterocycles. The first-order valence-electron chi connectivity index (χ1n) is 5.03. The van der Waals surface area contributed by atoms with E-state index < -0.39 is 0 Å². The highest BCUT2D eigenvalue weighted by atomic mass is 35.5. The van der Waals surface area contributed by atoms with E-state index in [1.165, 1.54) is 11.3 Å². The van der Waals surface area contributed by atoms with Crippen LogP contribution in [0.3, 0.4) is 0 Å². The van der Waals surface area contributed by atoms with Crippen LogP contribution < -0.4 is 4.78 Å². The van der Waals surface area contributed by atoms with Crippen molar-refractivity contribution in [1.29, 1.82) is 0 Å². The molecule has 0 bridgehead atoms. The Hall–Kier alpha value is 0.265. The zero-order valence-electron chi connectivity index (χ0n) is 9.64. The lowest BCUT2D eigenvalue weighted by atomic mass is 9.88. The largest absolute Gasteiger partial charge is 0.505 e. The monoisotopic (exact) mass is 278 g/mol. The van der Waals surface area contributed by atoms with Crippen molar-refractivity contribution < 1.29 is 9.31 Å². The molecule has 0 aromatic carbocycles. The van der Waals surface area contributed by atoms with Gasteiger partial charge in [0.05, 0.1) is 16.2 Å². The van der Waals surface area contributed by atoms with E-state index in [0.717, 1.165) is 4.78 Å². The molecule has 0 spiro atoms. The standard InChI is InChI=1S/C10H13BCl2O2S/c1-9(2)10(3,4)15-11(14-9)7-5-6(12)8(13)16-7/h5H,1-4H3. The molecule has 2 heterocycles. The Labute approximate surface area is 110 Å². The average Bonchev–Trinajstić information content (AvgIpc) is 2.54. The summed E-state index contributed by atoms with van der Waals surface area (Å²) in [5, 5.41) is 0.552. The van der Waals surface area contributed by atoms with Crippen LogP contribution in [0.4, 0.5) is 0 Å². The van der Waals surface area contributed by atoms with Gasteiger partial charge in [-0.1, -0.05) is 23.2 Å². The highest BCUT2D eigenvalue weighted by Crippen LogP contribution is 2.38. The van der Waals surface area contributed by atoms with Gasteiger partial charge in [-0.2, -0.15) is 0 Å². The molecule has 1 aromatic rings. The molecule has 0 aliphatic carbocycles. The van der Waals surface area contributed by atoms with Crippen LogP contribution in [-0.4, -0.2) is 18.3 Å². The fourth-order valence-electron chi connectivity index (χ4n) is 1.44.